The lowest BCUT2D eigenvalue weighted by atomic mass is 10.1. The van der Waals surface area contributed by atoms with E-state index in [1.807, 2.05) is 12.1 Å². The number of alkyl halides is 1. The van der Waals surface area contributed by atoms with E-state index in [0.717, 1.165) is 28.9 Å². The van der Waals surface area contributed by atoms with E-state index in [2.05, 4.69) is 31.0 Å². The smallest absolute Gasteiger partial charge is 0.125 e. The molecule has 0 atom stereocenters. The van der Waals surface area contributed by atoms with Crippen LogP contribution in [0.25, 0.3) is 0 Å². The number of ether oxygens (including phenoxy) is 1. The average molecular weight is 276 g/mol. The predicted molar refractivity (Wildman–Crippen MR) is 78.9 cm³/mol. The second kappa shape index (κ2) is 6.58. The molecule has 2 nitrogen and oxygen atoms in total. The minimum absolute atomic E-state index is 0.541. The molecule has 0 aliphatic rings. The number of benzene rings is 1. The molecule has 0 radical (unpaired) electrons. The van der Waals surface area contributed by atoms with Gasteiger partial charge in [-0.1, -0.05) is 12.1 Å². The van der Waals surface area contributed by atoms with E-state index in [4.69, 9.17) is 16.3 Å². The average Bonchev–Trinajstić information content (AvgIpc) is 2.42. The topological polar surface area (TPSA) is 22.1 Å². The minimum Gasteiger partial charge on any atom is -0.493 e. The summed E-state index contributed by atoms with van der Waals surface area (Å²) in [6.45, 7) is 4.79. The Kier molecular flexibility index (Phi) is 4.80. The fourth-order valence-electron chi connectivity index (χ4n) is 2.17. The van der Waals surface area contributed by atoms with Gasteiger partial charge >= 0.3 is 0 Å². The first-order chi connectivity index (χ1) is 9.20. The van der Waals surface area contributed by atoms with Crippen LogP contribution in [0, 0.1) is 13.8 Å². The summed E-state index contributed by atoms with van der Waals surface area (Å²) in [5.41, 5.74) is 4.66. The van der Waals surface area contributed by atoms with Crippen molar-refractivity contribution in [2.45, 2.75) is 26.1 Å². The third kappa shape index (κ3) is 3.71. The van der Waals surface area contributed by atoms with Gasteiger partial charge in [0.05, 0.1) is 6.61 Å². The Balaban J connectivity index is 2.00. The normalized spacial score (nSPS) is 10.5. The van der Waals surface area contributed by atoms with Gasteiger partial charge in [-0.2, -0.15) is 0 Å². The summed E-state index contributed by atoms with van der Waals surface area (Å²) in [6.07, 6.45) is 4.50. The van der Waals surface area contributed by atoms with Crippen molar-refractivity contribution in [3.05, 3.63) is 58.9 Å². The molecule has 2 aromatic rings. The van der Waals surface area contributed by atoms with Crippen LogP contribution in [0.2, 0.25) is 0 Å². The SMILES string of the molecule is Cc1cc(CCl)cc(C)c1OCCc1ccncc1. The van der Waals surface area contributed by atoms with Crippen LogP contribution >= 0.6 is 11.6 Å². The van der Waals surface area contributed by atoms with Crippen LogP contribution in [-0.4, -0.2) is 11.6 Å². The lowest BCUT2D eigenvalue weighted by Gasteiger charge is -2.13. The molecule has 0 amide bonds. The molecular formula is C16H18ClNO. The Bertz CT molecular complexity index is 517. The van der Waals surface area contributed by atoms with Gasteiger partial charge in [-0.15, -0.1) is 11.6 Å². The molecule has 19 heavy (non-hydrogen) atoms. The highest BCUT2D eigenvalue weighted by atomic mass is 35.5. The lowest BCUT2D eigenvalue weighted by molar-refractivity contribution is 0.317. The van der Waals surface area contributed by atoms with Crippen LogP contribution in [0.1, 0.15) is 22.3 Å². The maximum absolute atomic E-state index is 5.91. The van der Waals surface area contributed by atoms with Crippen molar-refractivity contribution in [2.24, 2.45) is 0 Å². The molecular weight excluding hydrogens is 258 g/mol. The van der Waals surface area contributed by atoms with E-state index in [0.29, 0.717) is 12.5 Å². The zero-order valence-corrected chi connectivity index (χ0v) is 12.1. The van der Waals surface area contributed by atoms with Crippen LogP contribution in [0.5, 0.6) is 5.75 Å². The highest BCUT2D eigenvalue weighted by molar-refractivity contribution is 6.17. The Morgan fingerprint density at radius 2 is 1.68 bits per heavy atom. The van der Waals surface area contributed by atoms with Crippen molar-refractivity contribution >= 4 is 11.6 Å². The lowest BCUT2D eigenvalue weighted by Crippen LogP contribution is -2.04. The van der Waals surface area contributed by atoms with Crippen LogP contribution in [0.4, 0.5) is 0 Å². The van der Waals surface area contributed by atoms with Crippen molar-refractivity contribution in [1.29, 1.82) is 0 Å². The van der Waals surface area contributed by atoms with Gasteiger partial charge in [0.25, 0.3) is 0 Å². The molecule has 0 fully saturated rings. The van der Waals surface area contributed by atoms with Crippen molar-refractivity contribution in [3.8, 4) is 5.75 Å². The predicted octanol–water partition coefficient (Wildman–Crippen LogP) is 4.06. The maximum Gasteiger partial charge on any atom is 0.125 e. The summed E-state index contributed by atoms with van der Waals surface area (Å²) in [4.78, 5) is 4.01. The maximum atomic E-state index is 5.91. The molecule has 100 valence electrons. The first kappa shape index (κ1) is 13.9. The number of rotatable bonds is 5. The molecule has 1 aromatic carbocycles. The number of hydrogen-bond donors (Lipinski definition) is 0. The minimum atomic E-state index is 0.541. The van der Waals surface area contributed by atoms with E-state index in [-0.39, 0.29) is 0 Å². The third-order valence-electron chi connectivity index (χ3n) is 3.06. The quantitative estimate of drug-likeness (QED) is 0.768. The van der Waals surface area contributed by atoms with Gasteiger partial charge in [0.15, 0.2) is 0 Å². The van der Waals surface area contributed by atoms with Crippen molar-refractivity contribution in [3.63, 3.8) is 0 Å². The largest absolute Gasteiger partial charge is 0.493 e. The van der Waals surface area contributed by atoms with E-state index in [1.54, 1.807) is 12.4 Å². The molecule has 0 unspecified atom stereocenters. The van der Waals surface area contributed by atoms with E-state index >= 15 is 0 Å². The van der Waals surface area contributed by atoms with Crippen LogP contribution in [-0.2, 0) is 12.3 Å². The summed E-state index contributed by atoms with van der Waals surface area (Å²) < 4.78 is 5.91. The summed E-state index contributed by atoms with van der Waals surface area (Å²) in [6, 6.07) is 8.20. The van der Waals surface area contributed by atoms with Gasteiger partial charge in [-0.05, 0) is 48.2 Å². The van der Waals surface area contributed by atoms with Crippen LogP contribution in [0.15, 0.2) is 36.7 Å². The number of aromatic nitrogens is 1. The van der Waals surface area contributed by atoms with Gasteiger partial charge in [0.2, 0.25) is 0 Å². The number of pyridine rings is 1. The molecule has 0 spiro atoms. The second-order valence-electron chi connectivity index (χ2n) is 4.65. The monoisotopic (exact) mass is 275 g/mol. The van der Waals surface area contributed by atoms with Crippen molar-refractivity contribution < 1.29 is 4.74 Å². The Morgan fingerprint density at radius 3 is 2.26 bits per heavy atom. The molecule has 0 aliphatic carbocycles. The summed E-state index contributed by atoms with van der Waals surface area (Å²) in [5, 5.41) is 0. The first-order valence-corrected chi connectivity index (χ1v) is 6.92. The van der Waals surface area contributed by atoms with E-state index in [1.165, 1.54) is 5.56 Å². The van der Waals surface area contributed by atoms with Crippen molar-refractivity contribution in [2.75, 3.05) is 6.61 Å². The van der Waals surface area contributed by atoms with Crippen LogP contribution in [0.3, 0.4) is 0 Å². The van der Waals surface area contributed by atoms with Gasteiger partial charge in [0.1, 0.15) is 5.75 Å². The van der Waals surface area contributed by atoms with E-state index < -0.39 is 0 Å². The standard InChI is InChI=1S/C16H18ClNO/c1-12-9-15(11-17)10-13(2)16(12)19-8-5-14-3-6-18-7-4-14/h3-4,6-7,9-10H,5,8,11H2,1-2H3. The zero-order chi connectivity index (χ0) is 13.7. The molecule has 0 saturated carbocycles. The van der Waals surface area contributed by atoms with E-state index in [9.17, 15) is 0 Å². The fourth-order valence-corrected chi connectivity index (χ4v) is 2.32. The molecule has 1 heterocycles. The summed E-state index contributed by atoms with van der Waals surface area (Å²) in [7, 11) is 0. The molecule has 0 N–H and O–H groups in total. The number of aryl methyl sites for hydroxylation is 2. The molecule has 1 aromatic heterocycles. The number of nitrogens with zero attached hydrogens (tertiary/aromatic N) is 1. The molecule has 0 aliphatic heterocycles. The highest BCUT2D eigenvalue weighted by Crippen LogP contribution is 2.25. The number of halogens is 1. The van der Waals surface area contributed by atoms with Gasteiger partial charge in [0, 0.05) is 24.7 Å². The van der Waals surface area contributed by atoms with Gasteiger partial charge in [-0.3, -0.25) is 4.98 Å². The van der Waals surface area contributed by atoms with Crippen molar-refractivity contribution in [1.82, 2.24) is 4.98 Å². The highest BCUT2D eigenvalue weighted by Gasteiger charge is 2.06. The number of hydrogen-bond acceptors (Lipinski definition) is 2. The molecule has 2 rings (SSSR count). The zero-order valence-electron chi connectivity index (χ0n) is 11.3. The summed E-state index contributed by atoms with van der Waals surface area (Å²) in [5.74, 6) is 1.52. The fraction of sp³-hybridized carbons (Fsp3) is 0.312. The third-order valence-corrected chi connectivity index (χ3v) is 3.37. The Morgan fingerprint density at radius 1 is 1.05 bits per heavy atom. The van der Waals surface area contributed by atoms with Gasteiger partial charge in [-0.25, -0.2) is 0 Å². The molecule has 0 saturated heterocycles. The van der Waals surface area contributed by atoms with Gasteiger partial charge < -0.3 is 4.74 Å². The molecule has 3 heteroatoms. The van der Waals surface area contributed by atoms with Crippen LogP contribution < -0.4 is 4.74 Å². The first-order valence-electron chi connectivity index (χ1n) is 6.38. The Labute approximate surface area is 119 Å². The molecule has 0 bridgehead atoms. The Hall–Kier alpha value is -1.54. The summed E-state index contributed by atoms with van der Waals surface area (Å²) >= 11 is 5.86. The second-order valence-corrected chi connectivity index (χ2v) is 4.91.